The third kappa shape index (κ3) is 4.09. The summed E-state index contributed by atoms with van der Waals surface area (Å²) >= 11 is 0. The largest absolute Gasteiger partial charge is 0.358 e. The SMILES string of the molecule is CNC(=O)[C@@H](c1ccccc1)N1CCn2c(C)nc(C)c2C1CCc1cccc(C)c1C. The van der Waals surface area contributed by atoms with Gasteiger partial charge in [0.15, 0.2) is 0 Å². The molecule has 0 spiro atoms. The van der Waals surface area contributed by atoms with Crippen molar-refractivity contribution in [3.8, 4) is 0 Å². The molecule has 1 aliphatic rings. The number of nitrogens with one attached hydrogen (secondary N) is 1. The average molecular weight is 431 g/mol. The second kappa shape index (κ2) is 9.29. The summed E-state index contributed by atoms with van der Waals surface area (Å²) in [6, 6.07) is 16.5. The van der Waals surface area contributed by atoms with Gasteiger partial charge in [-0.25, -0.2) is 4.98 Å². The van der Waals surface area contributed by atoms with Crippen molar-refractivity contribution < 1.29 is 4.79 Å². The second-order valence-corrected chi connectivity index (χ2v) is 8.86. The molecule has 2 atom stereocenters. The Labute approximate surface area is 191 Å². The number of carbonyl (C=O) groups is 1. The molecule has 0 radical (unpaired) electrons. The minimum Gasteiger partial charge on any atom is -0.358 e. The highest BCUT2D eigenvalue weighted by atomic mass is 16.2. The van der Waals surface area contributed by atoms with Crippen LogP contribution in [0.4, 0.5) is 0 Å². The van der Waals surface area contributed by atoms with Gasteiger partial charge in [0.05, 0.1) is 17.4 Å². The minimum atomic E-state index is -0.326. The van der Waals surface area contributed by atoms with Crippen LogP contribution in [0.2, 0.25) is 0 Å². The predicted octanol–water partition coefficient (Wildman–Crippen LogP) is 4.59. The maximum atomic E-state index is 13.2. The summed E-state index contributed by atoms with van der Waals surface area (Å²) in [6.45, 7) is 10.2. The quantitative estimate of drug-likeness (QED) is 0.622. The number of aromatic nitrogens is 2. The van der Waals surface area contributed by atoms with E-state index in [1.165, 1.54) is 22.4 Å². The zero-order valence-electron chi connectivity index (χ0n) is 19.9. The first-order chi connectivity index (χ1) is 15.4. The molecular weight excluding hydrogens is 396 g/mol. The van der Waals surface area contributed by atoms with Gasteiger partial charge in [0.25, 0.3) is 0 Å². The van der Waals surface area contributed by atoms with Crippen LogP contribution in [0.3, 0.4) is 0 Å². The van der Waals surface area contributed by atoms with Crippen molar-refractivity contribution in [2.75, 3.05) is 13.6 Å². The monoisotopic (exact) mass is 430 g/mol. The molecular formula is C27H34N4O. The number of imidazole rings is 1. The van der Waals surface area contributed by atoms with Crippen LogP contribution in [0, 0.1) is 27.7 Å². The number of aryl methyl sites for hydroxylation is 4. The fourth-order valence-electron chi connectivity index (χ4n) is 5.21. The van der Waals surface area contributed by atoms with E-state index in [1.807, 2.05) is 18.2 Å². The van der Waals surface area contributed by atoms with Crippen LogP contribution < -0.4 is 5.32 Å². The molecule has 0 aliphatic carbocycles. The Bertz CT molecular complexity index is 1100. The van der Waals surface area contributed by atoms with Gasteiger partial charge < -0.3 is 9.88 Å². The lowest BCUT2D eigenvalue weighted by Crippen LogP contribution is -2.46. The van der Waals surface area contributed by atoms with Crippen molar-refractivity contribution in [1.82, 2.24) is 19.8 Å². The fraction of sp³-hybridized carbons (Fsp3) is 0.407. The summed E-state index contributed by atoms with van der Waals surface area (Å²) in [5.41, 5.74) is 7.43. The highest BCUT2D eigenvalue weighted by Crippen LogP contribution is 2.39. The van der Waals surface area contributed by atoms with Gasteiger partial charge in [0, 0.05) is 20.1 Å². The van der Waals surface area contributed by atoms with Crippen LogP contribution in [0.25, 0.3) is 0 Å². The van der Waals surface area contributed by atoms with E-state index >= 15 is 0 Å². The van der Waals surface area contributed by atoms with Gasteiger partial charge in [-0.15, -0.1) is 0 Å². The van der Waals surface area contributed by atoms with Crippen LogP contribution in [-0.2, 0) is 17.8 Å². The van der Waals surface area contributed by atoms with Crippen molar-refractivity contribution >= 4 is 5.91 Å². The molecule has 0 saturated heterocycles. The Balaban J connectivity index is 1.75. The molecule has 0 fully saturated rings. The van der Waals surface area contributed by atoms with Gasteiger partial charge in [-0.1, -0.05) is 48.5 Å². The van der Waals surface area contributed by atoms with Crippen molar-refractivity contribution in [3.63, 3.8) is 0 Å². The Hall–Kier alpha value is -2.92. The normalized spacial score (nSPS) is 17.1. The third-order valence-corrected chi connectivity index (χ3v) is 7.03. The topological polar surface area (TPSA) is 50.2 Å². The standard InChI is InChI=1S/C27H34N4O/c1-18-10-9-13-22(19(18)2)14-15-24-25-20(3)29-21(4)30(25)16-17-31(24)26(27(32)28-5)23-11-7-6-8-12-23/h6-13,24,26H,14-17H2,1-5H3,(H,28,32)/t24?,26-/m1/s1. The number of hydrogen-bond acceptors (Lipinski definition) is 3. The molecule has 0 bridgehead atoms. The number of hydrogen-bond donors (Lipinski definition) is 1. The van der Waals surface area contributed by atoms with Gasteiger partial charge in [0.2, 0.25) is 5.91 Å². The number of rotatable bonds is 6. The summed E-state index contributed by atoms with van der Waals surface area (Å²) in [6.07, 6.45) is 1.91. The van der Waals surface area contributed by atoms with Crippen LogP contribution in [0.5, 0.6) is 0 Å². The molecule has 5 nitrogen and oxygen atoms in total. The lowest BCUT2D eigenvalue weighted by Gasteiger charge is -2.42. The minimum absolute atomic E-state index is 0.0373. The van der Waals surface area contributed by atoms with E-state index in [0.717, 1.165) is 43.0 Å². The lowest BCUT2D eigenvalue weighted by atomic mass is 9.92. The van der Waals surface area contributed by atoms with Crippen molar-refractivity contribution in [2.45, 2.75) is 59.2 Å². The molecule has 1 unspecified atom stereocenters. The number of likely N-dealkylation sites (N-methyl/N-ethyl adjacent to an activating group) is 1. The Morgan fingerprint density at radius 3 is 2.53 bits per heavy atom. The average Bonchev–Trinajstić information content (AvgIpc) is 3.09. The summed E-state index contributed by atoms with van der Waals surface area (Å²) in [5.74, 6) is 1.10. The number of benzene rings is 2. The van der Waals surface area contributed by atoms with Crippen molar-refractivity contribution in [2.24, 2.45) is 0 Å². The summed E-state index contributed by atoms with van der Waals surface area (Å²) in [7, 11) is 1.73. The molecule has 2 heterocycles. The summed E-state index contributed by atoms with van der Waals surface area (Å²) < 4.78 is 2.35. The molecule has 0 saturated carbocycles. The molecule has 4 rings (SSSR count). The number of carbonyl (C=O) groups excluding carboxylic acids is 1. The highest BCUT2D eigenvalue weighted by Gasteiger charge is 2.38. The molecule has 5 heteroatoms. The molecule has 1 aromatic heterocycles. The molecule has 1 aliphatic heterocycles. The van der Waals surface area contributed by atoms with E-state index in [-0.39, 0.29) is 18.0 Å². The first-order valence-corrected chi connectivity index (χ1v) is 11.5. The fourth-order valence-corrected chi connectivity index (χ4v) is 5.21. The van der Waals surface area contributed by atoms with E-state index in [4.69, 9.17) is 4.98 Å². The van der Waals surface area contributed by atoms with Gasteiger partial charge in [0.1, 0.15) is 11.9 Å². The van der Waals surface area contributed by atoms with Crippen LogP contribution >= 0.6 is 0 Å². The first kappa shape index (κ1) is 22.3. The molecule has 32 heavy (non-hydrogen) atoms. The zero-order valence-corrected chi connectivity index (χ0v) is 19.9. The van der Waals surface area contributed by atoms with E-state index in [2.05, 4.69) is 72.8 Å². The number of nitrogens with zero attached hydrogens (tertiary/aromatic N) is 3. The maximum absolute atomic E-state index is 13.2. The van der Waals surface area contributed by atoms with E-state index in [9.17, 15) is 4.79 Å². The Kier molecular flexibility index (Phi) is 6.47. The molecule has 168 valence electrons. The molecule has 1 amide bonds. The maximum Gasteiger partial charge on any atom is 0.241 e. The van der Waals surface area contributed by atoms with Crippen LogP contribution in [0.1, 0.15) is 58.0 Å². The Morgan fingerprint density at radius 2 is 1.81 bits per heavy atom. The van der Waals surface area contributed by atoms with Gasteiger partial charge in [-0.3, -0.25) is 9.69 Å². The number of fused-ring (bicyclic) bond motifs is 1. The molecule has 2 aromatic carbocycles. The summed E-state index contributed by atoms with van der Waals surface area (Å²) in [4.78, 5) is 20.3. The molecule has 3 aromatic rings. The van der Waals surface area contributed by atoms with Crippen LogP contribution in [-0.4, -0.2) is 34.0 Å². The van der Waals surface area contributed by atoms with Gasteiger partial charge in [-0.05, 0) is 62.8 Å². The van der Waals surface area contributed by atoms with E-state index < -0.39 is 0 Å². The third-order valence-electron chi connectivity index (χ3n) is 7.03. The lowest BCUT2D eigenvalue weighted by molar-refractivity contribution is -0.128. The second-order valence-electron chi connectivity index (χ2n) is 8.86. The van der Waals surface area contributed by atoms with Gasteiger partial charge >= 0.3 is 0 Å². The van der Waals surface area contributed by atoms with Crippen molar-refractivity contribution in [3.05, 3.63) is 88.0 Å². The predicted molar refractivity (Wildman–Crippen MR) is 129 cm³/mol. The van der Waals surface area contributed by atoms with Gasteiger partial charge in [-0.2, -0.15) is 0 Å². The van der Waals surface area contributed by atoms with E-state index in [1.54, 1.807) is 7.05 Å². The highest BCUT2D eigenvalue weighted by molar-refractivity contribution is 5.83. The smallest absolute Gasteiger partial charge is 0.241 e. The number of amides is 1. The summed E-state index contributed by atoms with van der Waals surface area (Å²) in [5, 5.41) is 2.91. The van der Waals surface area contributed by atoms with Crippen molar-refractivity contribution in [1.29, 1.82) is 0 Å². The molecule has 1 N–H and O–H groups in total. The first-order valence-electron chi connectivity index (χ1n) is 11.5. The van der Waals surface area contributed by atoms with E-state index in [0.29, 0.717) is 0 Å². The Morgan fingerprint density at radius 1 is 1.06 bits per heavy atom. The van der Waals surface area contributed by atoms with Crippen LogP contribution in [0.15, 0.2) is 48.5 Å². The zero-order chi connectivity index (χ0) is 22.8.